The van der Waals surface area contributed by atoms with E-state index in [0.717, 1.165) is 72.5 Å². The number of para-hydroxylation sites is 2. The van der Waals surface area contributed by atoms with Crippen molar-refractivity contribution in [1.29, 1.82) is 0 Å². The minimum atomic E-state index is -0.0793. The number of hydrogen-bond donors (Lipinski definition) is 0. The van der Waals surface area contributed by atoms with E-state index in [4.69, 9.17) is 24.7 Å². The van der Waals surface area contributed by atoms with Crippen LogP contribution in [0.5, 0.6) is 11.5 Å². The van der Waals surface area contributed by atoms with Gasteiger partial charge in [-0.25, -0.2) is 19.9 Å². The van der Waals surface area contributed by atoms with Crippen LogP contribution in [-0.2, 0) is 26.5 Å². The van der Waals surface area contributed by atoms with Gasteiger partial charge in [0.1, 0.15) is 11.6 Å². The quantitative estimate of drug-likeness (QED) is 0.147. The predicted octanol–water partition coefficient (Wildman–Crippen LogP) is 12.7. The van der Waals surface area contributed by atoms with E-state index in [0.29, 0.717) is 34.5 Å². The molecule has 0 saturated heterocycles. The molecular weight excluding hydrogens is 946 g/mol. The van der Waals surface area contributed by atoms with E-state index >= 15 is 0 Å². The van der Waals surface area contributed by atoms with Crippen molar-refractivity contribution < 1.29 is 25.8 Å². The Kier molecular flexibility index (Phi) is 10.5. The fourth-order valence-corrected chi connectivity index (χ4v) is 7.98. The Labute approximate surface area is 377 Å². The molecule has 4 heterocycles. The second-order valence-corrected chi connectivity index (χ2v) is 16.9. The molecule has 9 heteroatoms. The van der Waals surface area contributed by atoms with Crippen molar-refractivity contribution in [3.63, 3.8) is 0 Å². The molecule has 0 saturated carbocycles. The van der Waals surface area contributed by atoms with Gasteiger partial charge >= 0.3 is 0 Å². The zero-order chi connectivity index (χ0) is 42.0. The van der Waals surface area contributed by atoms with E-state index in [2.05, 4.69) is 185 Å². The number of pyridine rings is 1. The number of nitrogens with zero attached hydrogens (tertiary/aromatic N) is 7. The van der Waals surface area contributed by atoms with Gasteiger partial charge in [-0.1, -0.05) is 123 Å². The van der Waals surface area contributed by atoms with Gasteiger partial charge in [0.15, 0.2) is 11.6 Å². The van der Waals surface area contributed by atoms with Crippen LogP contribution >= 0.6 is 0 Å². The van der Waals surface area contributed by atoms with Gasteiger partial charge in [0, 0.05) is 66.8 Å². The van der Waals surface area contributed by atoms with Crippen LogP contribution in [0.4, 0.5) is 17.1 Å². The molecule has 0 bridgehead atoms. The molecule has 0 unspecified atom stereocenters. The molecule has 0 aliphatic carbocycles. The maximum Gasteiger partial charge on any atom is 0.162 e. The summed E-state index contributed by atoms with van der Waals surface area (Å²) in [7, 11) is 2.05. The van der Waals surface area contributed by atoms with Gasteiger partial charge < -0.3 is 19.1 Å². The van der Waals surface area contributed by atoms with Crippen LogP contribution < -0.4 is 14.5 Å². The first kappa shape index (κ1) is 40.8. The molecule has 9 aromatic rings. The van der Waals surface area contributed by atoms with Gasteiger partial charge in [0.2, 0.25) is 0 Å². The Bertz CT molecular complexity index is 3050. The third-order valence-electron chi connectivity index (χ3n) is 11.3. The van der Waals surface area contributed by atoms with E-state index in [1.165, 1.54) is 5.56 Å². The SMILES string of the molecule is Cc1ccc(-c2nc(-c3ccc(C)cc3)nc(-c3cc4c5cc(C(C)(C)C)ccc5n(-c5ccccn5)c4[c-]c3Oc3[c-]c(N4[CH-]N(C)c5ccccc54)cc(C)c3)n2)cc1.[Pt]. The third-order valence-corrected chi connectivity index (χ3v) is 11.3. The molecule has 1 aliphatic rings. The van der Waals surface area contributed by atoms with Crippen molar-refractivity contribution in [3.05, 3.63) is 175 Å². The van der Waals surface area contributed by atoms with E-state index in [1.807, 2.05) is 30.5 Å². The standard InChI is InChI=1S/C53H44N7O.Pt/c1-33-15-19-36(20-16-33)50-55-51(37-21-17-34(2)18-22-37)57-52(56-50)43-30-42-41-28-38(53(4,5)6)23-24-44(41)60(49-14-10-11-25-54-49)47(42)31-48(43)61-40-27-35(3)26-39(29-40)59-32-58(7)45-12-8-9-13-46(45)59;/h8-28,30,32H,1-7H3;/q-3;. The topological polar surface area (TPSA) is 72.2 Å². The van der Waals surface area contributed by atoms with Crippen molar-refractivity contribution in [1.82, 2.24) is 24.5 Å². The van der Waals surface area contributed by atoms with E-state index in [1.54, 1.807) is 0 Å². The second-order valence-electron chi connectivity index (χ2n) is 16.9. The minimum Gasteiger partial charge on any atom is -0.508 e. The Morgan fingerprint density at radius 3 is 1.92 bits per heavy atom. The zero-order valence-corrected chi connectivity index (χ0v) is 37.9. The molecule has 10 rings (SSSR count). The maximum absolute atomic E-state index is 7.06. The molecule has 0 radical (unpaired) electrons. The Balaban J connectivity index is 0.00000490. The van der Waals surface area contributed by atoms with Crippen molar-refractivity contribution in [2.75, 3.05) is 16.8 Å². The fraction of sp³-hybridized carbons (Fsp3) is 0.151. The van der Waals surface area contributed by atoms with Crippen LogP contribution in [0.15, 0.2) is 134 Å². The van der Waals surface area contributed by atoms with Crippen LogP contribution in [0.2, 0.25) is 0 Å². The average Bonchev–Trinajstić information content (AvgIpc) is 3.77. The maximum atomic E-state index is 7.06. The summed E-state index contributed by atoms with van der Waals surface area (Å²) in [5.41, 5.74) is 11.8. The smallest absolute Gasteiger partial charge is 0.162 e. The van der Waals surface area contributed by atoms with Crippen LogP contribution in [-0.4, -0.2) is 31.6 Å². The van der Waals surface area contributed by atoms with Crippen LogP contribution in [0.25, 0.3) is 61.8 Å². The molecule has 0 amide bonds. The molecule has 62 heavy (non-hydrogen) atoms. The van der Waals surface area contributed by atoms with E-state index in [9.17, 15) is 0 Å². The van der Waals surface area contributed by atoms with E-state index in [-0.39, 0.29) is 26.5 Å². The fourth-order valence-electron chi connectivity index (χ4n) is 7.98. The first-order valence-electron chi connectivity index (χ1n) is 20.5. The van der Waals surface area contributed by atoms with Crippen molar-refractivity contribution in [2.24, 2.45) is 0 Å². The predicted molar refractivity (Wildman–Crippen MR) is 247 cm³/mol. The number of aryl methyl sites for hydroxylation is 3. The van der Waals surface area contributed by atoms with Gasteiger partial charge in [-0.05, 0) is 73.2 Å². The van der Waals surface area contributed by atoms with Crippen molar-refractivity contribution in [2.45, 2.75) is 47.0 Å². The molecule has 3 aromatic heterocycles. The summed E-state index contributed by atoms with van der Waals surface area (Å²) in [6.07, 6.45) is 1.82. The van der Waals surface area contributed by atoms with Gasteiger partial charge in [0.25, 0.3) is 0 Å². The molecule has 1 aliphatic heterocycles. The van der Waals surface area contributed by atoms with Crippen LogP contribution in [0.1, 0.15) is 43.0 Å². The molecular formula is C53H44N7OPt-3. The normalized spacial score (nSPS) is 12.5. The molecule has 8 nitrogen and oxygen atoms in total. The molecule has 0 spiro atoms. The van der Waals surface area contributed by atoms with Gasteiger partial charge in [-0.3, -0.25) is 0 Å². The Hall–Kier alpha value is -6.63. The Morgan fingerprint density at radius 1 is 0.629 bits per heavy atom. The average molecular weight is 990 g/mol. The summed E-state index contributed by atoms with van der Waals surface area (Å²) in [4.78, 5) is 24.6. The van der Waals surface area contributed by atoms with Gasteiger partial charge in [-0.15, -0.1) is 41.4 Å². The summed E-state index contributed by atoms with van der Waals surface area (Å²) in [6, 6.07) is 51.2. The van der Waals surface area contributed by atoms with Crippen LogP contribution in [0.3, 0.4) is 0 Å². The number of anilines is 3. The van der Waals surface area contributed by atoms with Crippen molar-refractivity contribution >= 4 is 38.9 Å². The second kappa shape index (κ2) is 16.0. The van der Waals surface area contributed by atoms with Crippen LogP contribution in [0, 0.1) is 39.6 Å². The zero-order valence-electron chi connectivity index (χ0n) is 35.6. The Morgan fingerprint density at radius 2 is 1.27 bits per heavy atom. The minimum absolute atomic E-state index is 0. The molecule has 0 N–H and O–H groups in total. The third kappa shape index (κ3) is 7.54. The number of ether oxygens (including phenoxy) is 1. The van der Waals surface area contributed by atoms with E-state index < -0.39 is 0 Å². The summed E-state index contributed by atoms with van der Waals surface area (Å²) in [5.74, 6) is 3.37. The molecule has 6 aromatic carbocycles. The number of rotatable bonds is 7. The first-order valence-corrected chi connectivity index (χ1v) is 20.5. The summed E-state index contributed by atoms with van der Waals surface area (Å²) in [6.45, 7) is 15.0. The number of hydrogen-bond acceptors (Lipinski definition) is 7. The molecule has 0 atom stereocenters. The summed E-state index contributed by atoms with van der Waals surface area (Å²) in [5, 5.41) is 2.05. The van der Waals surface area contributed by atoms with Gasteiger partial charge in [0.05, 0.1) is 0 Å². The first-order chi connectivity index (χ1) is 29.5. The van der Waals surface area contributed by atoms with Gasteiger partial charge in [-0.2, -0.15) is 12.2 Å². The largest absolute Gasteiger partial charge is 0.508 e. The molecule has 310 valence electrons. The number of fused-ring (bicyclic) bond motifs is 4. The summed E-state index contributed by atoms with van der Waals surface area (Å²) < 4.78 is 9.22. The summed E-state index contributed by atoms with van der Waals surface area (Å²) >= 11 is 0. The number of aromatic nitrogens is 5. The number of benzene rings is 6. The van der Waals surface area contributed by atoms with Crippen molar-refractivity contribution in [3.8, 4) is 51.5 Å². The monoisotopic (exact) mass is 989 g/mol. The molecule has 0 fully saturated rings.